The van der Waals surface area contributed by atoms with Gasteiger partial charge in [0.2, 0.25) is 0 Å². The molecule has 1 fully saturated rings. The maximum Gasteiger partial charge on any atom is 0.401 e. The molecule has 0 aromatic carbocycles. The SMILES string of the molecule is OCCN(CC1CCCCC1O)CC(F)(F)F. The smallest absolute Gasteiger partial charge is 0.395 e. The van der Waals surface area contributed by atoms with Crippen LogP contribution in [0.5, 0.6) is 0 Å². The van der Waals surface area contributed by atoms with E-state index in [1.54, 1.807) is 0 Å². The van der Waals surface area contributed by atoms with Crippen LogP contribution in [0.15, 0.2) is 0 Å². The van der Waals surface area contributed by atoms with Gasteiger partial charge in [0.05, 0.1) is 19.3 Å². The molecule has 2 atom stereocenters. The standard InChI is InChI=1S/C11H20F3NO2/c12-11(13,14)8-15(5-6-16)7-9-3-1-2-4-10(9)17/h9-10,16-17H,1-8H2. The number of halogens is 3. The van der Waals surface area contributed by atoms with E-state index in [4.69, 9.17) is 5.11 Å². The topological polar surface area (TPSA) is 43.7 Å². The van der Waals surface area contributed by atoms with Crippen molar-refractivity contribution in [2.45, 2.75) is 38.0 Å². The Bertz CT molecular complexity index is 223. The van der Waals surface area contributed by atoms with Crippen molar-refractivity contribution in [3.05, 3.63) is 0 Å². The summed E-state index contributed by atoms with van der Waals surface area (Å²) in [6, 6.07) is 0. The summed E-state index contributed by atoms with van der Waals surface area (Å²) >= 11 is 0. The quantitative estimate of drug-likeness (QED) is 0.780. The Kier molecular flexibility index (Phi) is 5.69. The number of nitrogens with zero attached hydrogens (tertiary/aromatic N) is 1. The molecule has 0 radical (unpaired) electrons. The molecule has 0 aliphatic heterocycles. The summed E-state index contributed by atoms with van der Waals surface area (Å²) in [5, 5.41) is 18.5. The summed E-state index contributed by atoms with van der Waals surface area (Å²) in [5.74, 6) is -0.0994. The molecule has 1 saturated carbocycles. The lowest BCUT2D eigenvalue weighted by atomic mass is 9.86. The molecule has 1 rings (SSSR count). The zero-order chi connectivity index (χ0) is 12.9. The molecule has 0 heterocycles. The highest BCUT2D eigenvalue weighted by atomic mass is 19.4. The molecule has 0 aromatic heterocycles. The fourth-order valence-corrected chi connectivity index (χ4v) is 2.36. The minimum Gasteiger partial charge on any atom is -0.395 e. The lowest BCUT2D eigenvalue weighted by Gasteiger charge is -2.33. The van der Waals surface area contributed by atoms with Crippen LogP contribution in [0, 0.1) is 5.92 Å². The lowest BCUT2D eigenvalue weighted by Crippen LogP contribution is -2.42. The molecule has 102 valence electrons. The molecular formula is C11H20F3NO2. The highest BCUT2D eigenvalue weighted by molar-refractivity contribution is 4.78. The van der Waals surface area contributed by atoms with Crippen LogP contribution in [0.3, 0.4) is 0 Å². The Labute approximate surface area is 99.2 Å². The molecular weight excluding hydrogens is 235 g/mol. The van der Waals surface area contributed by atoms with Crippen molar-refractivity contribution in [1.82, 2.24) is 4.90 Å². The molecule has 17 heavy (non-hydrogen) atoms. The highest BCUT2D eigenvalue weighted by Crippen LogP contribution is 2.26. The first-order valence-corrected chi connectivity index (χ1v) is 6.00. The molecule has 1 aliphatic rings. The maximum atomic E-state index is 12.3. The molecule has 0 bridgehead atoms. The van der Waals surface area contributed by atoms with E-state index >= 15 is 0 Å². The molecule has 3 nitrogen and oxygen atoms in total. The number of hydrogen-bond acceptors (Lipinski definition) is 3. The van der Waals surface area contributed by atoms with Crippen molar-refractivity contribution >= 4 is 0 Å². The van der Waals surface area contributed by atoms with Gasteiger partial charge in [-0.15, -0.1) is 0 Å². The third kappa shape index (κ3) is 5.70. The number of alkyl halides is 3. The highest BCUT2D eigenvalue weighted by Gasteiger charge is 2.33. The van der Waals surface area contributed by atoms with Crippen molar-refractivity contribution in [3.63, 3.8) is 0 Å². The van der Waals surface area contributed by atoms with E-state index in [0.717, 1.165) is 19.3 Å². The molecule has 0 amide bonds. The van der Waals surface area contributed by atoms with Crippen molar-refractivity contribution in [2.75, 3.05) is 26.2 Å². The Balaban J connectivity index is 2.47. The van der Waals surface area contributed by atoms with Crippen LogP contribution in [-0.4, -0.2) is 53.6 Å². The zero-order valence-electron chi connectivity index (χ0n) is 9.79. The third-order valence-corrected chi connectivity index (χ3v) is 3.18. The van der Waals surface area contributed by atoms with Gasteiger partial charge in [0.1, 0.15) is 0 Å². The van der Waals surface area contributed by atoms with Crippen LogP contribution in [0.1, 0.15) is 25.7 Å². The van der Waals surface area contributed by atoms with Gasteiger partial charge in [-0.2, -0.15) is 13.2 Å². The van der Waals surface area contributed by atoms with Gasteiger partial charge in [0, 0.05) is 13.1 Å². The fourth-order valence-electron chi connectivity index (χ4n) is 2.36. The summed E-state index contributed by atoms with van der Waals surface area (Å²) in [6.45, 7) is -1.10. The Hall–Kier alpha value is -0.330. The third-order valence-electron chi connectivity index (χ3n) is 3.18. The lowest BCUT2D eigenvalue weighted by molar-refractivity contribution is -0.149. The molecule has 0 aromatic rings. The number of aliphatic hydroxyl groups is 2. The van der Waals surface area contributed by atoms with Crippen molar-refractivity contribution in [1.29, 1.82) is 0 Å². The average molecular weight is 255 g/mol. The summed E-state index contributed by atoms with van der Waals surface area (Å²) < 4.78 is 36.9. The van der Waals surface area contributed by atoms with Crippen LogP contribution < -0.4 is 0 Å². The first-order chi connectivity index (χ1) is 7.92. The van der Waals surface area contributed by atoms with Crippen LogP contribution >= 0.6 is 0 Å². The van der Waals surface area contributed by atoms with Crippen molar-refractivity contribution < 1.29 is 23.4 Å². The minimum absolute atomic E-state index is 0.00271. The van der Waals surface area contributed by atoms with Crippen molar-refractivity contribution in [3.8, 4) is 0 Å². The van der Waals surface area contributed by atoms with Crippen LogP contribution in [0.25, 0.3) is 0 Å². The molecule has 0 spiro atoms. The van der Waals surface area contributed by atoms with E-state index in [1.807, 2.05) is 0 Å². The normalized spacial score (nSPS) is 26.5. The van der Waals surface area contributed by atoms with E-state index < -0.39 is 18.8 Å². The Morgan fingerprint density at radius 1 is 1.18 bits per heavy atom. The van der Waals surface area contributed by atoms with Crippen LogP contribution in [0.4, 0.5) is 13.2 Å². The molecule has 2 unspecified atom stereocenters. The Morgan fingerprint density at radius 3 is 2.35 bits per heavy atom. The van der Waals surface area contributed by atoms with Gasteiger partial charge in [-0.1, -0.05) is 12.8 Å². The Morgan fingerprint density at radius 2 is 1.82 bits per heavy atom. The minimum atomic E-state index is -4.26. The second kappa shape index (κ2) is 6.56. The second-order valence-corrected chi connectivity index (χ2v) is 4.69. The zero-order valence-corrected chi connectivity index (χ0v) is 9.79. The first-order valence-electron chi connectivity index (χ1n) is 6.00. The van der Waals surface area contributed by atoms with Crippen LogP contribution in [0.2, 0.25) is 0 Å². The predicted molar refractivity (Wildman–Crippen MR) is 57.5 cm³/mol. The first kappa shape index (κ1) is 14.7. The van der Waals surface area contributed by atoms with Gasteiger partial charge in [-0.3, -0.25) is 4.90 Å². The van der Waals surface area contributed by atoms with E-state index in [9.17, 15) is 18.3 Å². The van der Waals surface area contributed by atoms with E-state index in [2.05, 4.69) is 0 Å². The maximum absolute atomic E-state index is 12.3. The molecule has 0 saturated heterocycles. The monoisotopic (exact) mass is 255 g/mol. The largest absolute Gasteiger partial charge is 0.401 e. The summed E-state index contributed by atoms with van der Waals surface area (Å²) in [6.07, 6.45) is -1.42. The second-order valence-electron chi connectivity index (χ2n) is 4.69. The van der Waals surface area contributed by atoms with Crippen LogP contribution in [-0.2, 0) is 0 Å². The van der Waals surface area contributed by atoms with Gasteiger partial charge >= 0.3 is 6.18 Å². The number of aliphatic hydroxyl groups excluding tert-OH is 2. The van der Waals surface area contributed by atoms with Gasteiger partial charge < -0.3 is 10.2 Å². The van der Waals surface area contributed by atoms with Crippen molar-refractivity contribution in [2.24, 2.45) is 5.92 Å². The average Bonchev–Trinajstić information content (AvgIpc) is 2.19. The number of hydrogen-bond donors (Lipinski definition) is 2. The van der Waals surface area contributed by atoms with E-state index in [1.165, 1.54) is 4.90 Å². The molecule has 2 N–H and O–H groups in total. The predicted octanol–water partition coefficient (Wildman–Crippen LogP) is 1.39. The van der Waals surface area contributed by atoms with Gasteiger partial charge in [-0.25, -0.2) is 0 Å². The number of rotatable bonds is 5. The summed E-state index contributed by atoms with van der Waals surface area (Å²) in [5.41, 5.74) is 0. The van der Waals surface area contributed by atoms with Gasteiger partial charge in [-0.05, 0) is 18.8 Å². The molecule has 1 aliphatic carbocycles. The fraction of sp³-hybridized carbons (Fsp3) is 1.00. The summed E-state index contributed by atoms with van der Waals surface area (Å²) in [7, 11) is 0. The summed E-state index contributed by atoms with van der Waals surface area (Å²) in [4.78, 5) is 1.18. The molecule has 6 heteroatoms. The van der Waals surface area contributed by atoms with Gasteiger partial charge in [0.25, 0.3) is 0 Å². The van der Waals surface area contributed by atoms with E-state index in [-0.39, 0.29) is 25.6 Å². The van der Waals surface area contributed by atoms with Gasteiger partial charge in [0.15, 0.2) is 0 Å². The van der Waals surface area contributed by atoms with E-state index in [0.29, 0.717) is 6.42 Å².